The summed E-state index contributed by atoms with van der Waals surface area (Å²) in [6.45, 7) is 4.56. The Bertz CT molecular complexity index is 1320. The van der Waals surface area contributed by atoms with Crippen molar-refractivity contribution < 1.29 is 32.9 Å². The second-order valence-electron chi connectivity index (χ2n) is 21.3. The molecule has 0 heterocycles. The monoisotopic (exact) mass is 1000 g/mol. The Kier molecular flexibility index (Phi) is 50.7. The number of aliphatic hydroxyl groups is 1. The lowest BCUT2D eigenvalue weighted by molar-refractivity contribution is -0.870. The molecule has 0 aromatic rings. The van der Waals surface area contributed by atoms with Crippen LogP contribution in [0.2, 0.25) is 0 Å². The number of hydrogen-bond donors (Lipinski definition) is 2. The number of nitrogens with zero attached hydrogens (tertiary/aromatic N) is 1. The van der Waals surface area contributed by atoms with E-state index in [2.05, 4.69) is 67.8 Å². The van der Waals surface area contributed by atoms with Crippen LogP contribution in [0.3, 0.4) is 0 Å². The summed E-state index contributed by atoms with van der Waals surface area (Å²) < 4.78 is 23.4. The minimum Gasteiger partial charge on any atom is -0.756 e. The Balaban J connectivity index is 4.20. The normalized spacial score (nSPS) is 14.3. The summed E-state index contributed by atoms with van der Waals surface area (Å²) in [6.07, 6.45) is 70.1. The standard InChI is InChI=1S/C61H115N2O6P/c1-6-8-10-12-14-16-18-20-22-24-26-28-30-31-33-35-37-39-41-43-45-47-49-51-53-55-61(65)62-59(58-69-70(66,67)68-57-56-63(3,4)5)60(64)54-52-50-48-46-44-42-40-38-36-34-32-29-27-25-23-21-19-17-15-13-11-9-7-2/h8,10,14,16,20,22,26,28,52,54,59-60,64H,6-7,9,11-13,15,17-19,21,23-25,27,29-51,53,55-58H2,1-5H3,(H-,62,65,66,67)/b10-8-,16-14-,22-20-,28-26-,54-52+. The van der Waals surface area contributed by atoms with Crippen LogP contribution < -0.4 is 10.2 Å². The van der Waals surface area contributed by atoms with Gasteiger partial charge in [-0.1, -0.05) is 267 Å². The van der Waals surface area contributed by atoms with Gasteiger partial charge in [0.2, 0.25) is 5.91 Å². The van der Waals surface area contributed by atoms with E-state index in [9.17, 15) is 19.4 Å². The van der Waals surface area contributed by atoms with E-state index in [1.54, 1.807) is 6.08 Å². The van der Waals surface area contributed by atoms with Gasteiger partial charge in [-0.15, -0.1) is 0 Å². The summed E-state index contributed by atoms with van der Waals surface area (Å²) in [5.74, 6) is -0.199. The molecule has 0 saturated carbocycles. The summed E-state index contributed by atoms with van der Waals surface area (Å²) >= 11 is 0. The minimum atomic E-state index is -4.60. The minimum absolute atomic E-state index is 0.00250. The molecule has 0 aliphatic carbocycles. The number of phosphoric ester groups is 1. The topological polar surface area (TPSA) is 108 Å². The van der Waals surface area contributed by atoms with E-state index in [0.717, 1.165) is 64.2 Å². The zero-order chi connectivity index (χ0) is 51.3. The number of carbonyl (C=O) groups excluding carboxylic acids is 1. The zero-order valence-electron chi connectivity index (χ0n) is 46.7. The number of phosphoric acid groups is 1. The molecule has 0 fully saturated rings. The molecule has 3 unspecified atom stereocenters. The molecular formula is C61H115N2O6P. The van der Waals surface area contributed by atoms with Crippen molar-refractivity contribution in [2.75, 3.05) is 40.9 Å². The fourth-order valence-electron chi connectivity index (χ4n) is 8.62. The molecule has 0 spiro atoms. The SMILES string of the molecule is CC/C=C\C/C=C\C/C=C\C/C=C\CCCCCCCCCCCCCCC(=O)NC(COP(=O)([O-])OCC[N+](C)(C)C)C(O)/C=C/CCCCCCCCCCCCCCCCCCCCCCC. The van der Waals surface area contributed by atoms with Gasteiger partial charge >= 0.3 is 0 Å². The van der Waals surface area contributed by atoms with Gasteiger partial charge in [0.1, 0.15) is 13.2 Å². The zero-order valence-corrected chi connectivity index (χ0v) is 47.6. The first-order chi connectivity index (χ1) is 34.0. The van der Waals surface area contributed by atoms with Crippen molar-refractivity contribution in [3.8, 4) is 0 Å². The van der Waals surface area contributed by atoms with E-state index < -0.39 is 20.0 Å². The van der Waals surface area contributed by atoms with Crippen molar-refractivity contribution in [1.29, 1.82) is 0 Å². The lowest BCUT2D eigenvalue weighted by atomic mass is 10.0. The number of unbranched alkanes of at least 4 members (excludes halogenated alkanes) is 33. The van der Waals surface area contributed by atoms with Gasteiger partial charge in [0.05, 0.1) is 39.9 Å². The van der Waals surface area contributed by atoms with E-state index in [0.29, 0.717) is 17.4 Å². The van der Waals surface area contributed by atoms with Crippen LogP contribution in [-0.4, -0.2) is 68.5 Å². The second-order valence-corrected chi connectivity index (χ2v) is 22.7. The van der Waals surface area contributed by atoms with Gasteiger partial charge in [-0.2, -0.15) is 0 Å². The number of nitrogens with one attached hydrogen (secondary N) is 1. The summed E-state index contributed by atoms with van der Waals surface area (Å²) in [7, 11) is 1.26. The maximum absolute atomic E-state index is 13.0. The fraction of sp³-hybridized carbons (Fsp3) is 0.820. The smallest absolute Gasteiger partial charge is 0.268 e. The van der Waals surface area contributed by atoms with Crippen molar-refractivity contribution in [3.63, 3.8) is 0 Å². The van der Waals surface area contributed by atoms with Gasteiger partial charge in [0, 0.05) is 6.42 Å². The molecule has 410 valence electrons. The van der Waals surface area contributed by atoms with Crippen LogP contribution in [0.25, 0.3) is 0 Å². The number of rotatable bonds is 54. The Morgan fingerprint density at radius 1 is 0.514 bits per heavy atom. The summed E-state index contributed by atoms with van der Waals surface area (Å²) in [5, 5.41) is 13.9. The number of carbonyl (C=O) groups is 1. The van der Waals surface area contributed by atoms with Gasteiger partial charge < -0.3 is 28.8 Å². The summed E-state index contributed by atoms with van der Waals surface area (Å²) in [4.78, 5) is 25.5. The van der Waals surface area contributed by atoms with E-state index >= 15 is 0 Å². The van der Waals surface area contributed by atoms with Crippen LogP contribution >= 0.6 is 7.82 Å². The van der Waals surface area contributed by atoms with Gasteiger partial charge in [-0.05, 0) is 57.8 Å². The first-order valence-corrected chi connectivity index (χ1v) is 31.1. The lowest BCUT2D eigenvalue weighted by Crippen LogP contribution is -2.45. The van der Waals surface area contributed by atoms with Gasteiger partial charge in [0.25, 0.3) is 7.82 Å². The molecule has 0 bridgehead atoms. The third-order valence-corrected chi connectivity index (χ3v) is 14.2. The van der Waals surface area contributed by atoms with Crippen molar-refractivity contribution in [3.05, 3.63) is 60.8 Å². The molecule has 0 saturated heterocycles. The number of allylic oxidation sites excluding steroid dienone is 9. The van der Waals surface area contributed by atoms with Gasteiger partial charge in [0.15, 0.2) is 0 Å². The number of hydrogen-bond acceptors (Lipinski definition) is 6. The first-order valence-electron chi connectivity index (χ1n) is 29.7. The molecule has 2 N–H and O–H groups in total. The Morgan fingerprint density at radius 3 is 1.27 bits per heavy atom. The molecule has 1 amide bonds. The van der Waals surface area contributed by atoms with Crippen LogP contribution in [0.1, 0.15) is 271 Å². The molecule has 0 radical (unpaired) electrons. The van der Waals surface area contributed by atoms with Crippen LogP contribution in [0, 0.1) is 0 Å². The van der Waals surface area contributed by atoms with Crippen LogP contribution in [0.15, 0.2) is 60.8 Å². The predicted octanol–water partition coefficient (Wildman–Crippen LogP) is 17.5. The second kappa shape index (κ2) is 52.1. The molecule has 3 atom stereocenters. The largest absolute Gasteiger partial charge is 0.756 e. The maximum Gasteiger partial charge on any atom is 0.268 e. The van der Waals surface area contributed by atoms with Crippen molar-refractivity contribution >= 4 is 13.7 Å². The first kappa shape index (κ1) is 68.2. The predicted molar refractivity (Wildman–Crippen MR) is 302 cm³/mol. The number of likely N-dealkylation sites (N-methyl/N-ethyl adjacent to an activating group) is 1. The van der Waals surface area contributed by atoms with Gasteiger partial charge in [-0.25, -0.2) is 0 Å². The van der Waals surface area contributed by atoms with Crippen LogP contribution in [-0.2, 0) is 18.4 Å². The molecule has 8 nitrogen and oxygen atoms in total. The highest BCUT2D eigenvalue weighted by molar-refractivity contribution is 7.45. The average molecular weight is 1000 g/mol. The van der Waals surface area contributed by atoms with Crippen molar-refractivity contribution in [2.24, 2.45) is 0 Å². The molecule has 0 aliphatic heterocycles. The average Bonchev–Trinajstić information content (AvgIpc) is 3.32. The molecule has 0 aromatic heterocycles. The fourth-order valence-corrected chi connectivity index (χ4v) is 9.34. The third-order valence-electron chi connectivity index (χ3n) is 13.2. The van der Waals surface area contributed by atoms with Crippen LogP contribution in [0.5, 0.6) is 0 Å². The molecule has 0 aliphatic rings. The van der Waals surface area contributed by atoms with E-state index in [-0.39, 0.29) is 19.1 Å². The highest BCUT2D eigenvalue weighted by Gasteiger charge is 2.23. The van der Waals surface area contributed by atoms with Crippen LogP contribution in [0.4, 0.5) is 0 Å². The van der Waals surface area contributed by atoms with E-state index in [1.165, 1.54) is 186 Å². The number of quaternary nitrogens is 1. The summed E-state index contributed by atoms with van der Waals surface area (Å²) in [5.41, 5.74) is 0. The Labute approximate surface area is 434 Å². The molecule has 9 heteroatoms. The third kappa shape index (κ3) is 54.0. The van der Waals surface area contributed by atoms with E-state index in [4.69, 9.17) is 9.05 Å². The number of amides is 1. The lowest BCUT2D eigenvalue weighted by Gasteiger charge is -2.29. The van der Waals surface area contributed by atoms with E-state index in [1.807, 2.05) is 27.2 Å². The number of aliphatic hydroxyl groups excluding tert-OH is 1. The van der Waals surface area contributed by atoms with Gasteiger partial charge in [-0.3, -0.25) is 9.36 Å². The molecular weight excluding hydrogens is 888 g/mol. The Hall–Kier alpha value is -1.80. The maximum atomic E-state index is 13.0. The molecule has 0 rings (SSSR count). The van der Waals surface area contributed by atoms with Crippen molar-refractivity contribution in [2.45, 2.75) is 283 Å². The van der Waals surface area contributed by atoms with Crippen molar-refractivity contribution in [1.82, 2.24) is 5.32 Å². The Morgan fingerprint density at radius 2 is 0.871 bits per heavy atom. The molecule has 0 aromatic carbocycles. The summed E-state index contributed by atoms with van der Waals surface area (Å²) in [6, 6.07) is -0.891. The quantitative estimate of drug-likeness (QED) is 0.0272. The highest BCUT2D eigenvalue weighted by Crippen LogP contribution is 2.38. The highest BCUT2D eigenvalue weighted by atomic mass is 31.2. The molecule has 70 heavy (non-hydrogen) atoms.